The summed E-state index contributed by atoms with van der Waals surface area (Å²) < 4.78 is 36.0. The molecule has 7 heteroatoms. The number of benzene rings is 1. The van der Waals surface area contributed by atoms with E-state index >= 15 is 0 Å². The van der Waals surface area contributed by atoms with Gasteiger partial charge >= 0.3 is 0 Å². The normalized spacial score (nSPS) is 10.7. The predicted octanol–water partition coefficient (Wildman–Crippen LogP) is 3.42. The SMILES string of the molecule is COc1cc(CF)cc(-c2noc(-c3ccc(F)cn3)n2)c1. The minimum absolute atomic E-state index is 0.152. The van der Waals surface area contributed by atoms with Crippen molar-refractivity contribution in [3.8, 4) is 28.7 Å². The molecule has 22 heavy (non-hydrogen) atoms. The van der Waals surface area contributed by atoms with Crippen molar-refractivity contribution >= 4 is 0 Å². The predicted molar refractivity (Wildman–Crippen MR) is 74.3 cm³/mol. The van der Waals surface area contributed by atoms with Crippen LogP contribution in [0.5, 0.6) is 5.75 Å². The van der Waals surface area contributed by atoms with E-state index in [0.717, 1.165) is 6.20 Å². The third kappa shape index (κ3) is 2.78. The molecule has 5 nitrogen and oxygen atoms in total. The second-order valence-corrected chi connectivity index (χ2v) is 4.49. The number of pyridine rings is 1. The van der Waals surface area contributed by atoms with Crippen LogP contribution >= 0.6 is 0 Å². The average molecular weight is 303 g/mol. The Labute approximate surface area is 124 Å². The van der Waals surface area contributed by atoms with E-state index in [0.29, 0.717) is 22.6 Å². The number of rotatable bonds is 4. The van der Waals surface area contributed by atoms with E-state index in [-0.39, 0.29) is 11.7 Å². The standard InChI is InChI=1S/C15H11F2N3O2/c1-21-12-5-9(7-16)4-10(6-12)14-19-15(22-20-14)13-3-2-11(17)8-18-13/h2-6,8H,7H2,1H3. The topological polar surface area (TPSA) is 61.0 Å². The highest BCUT2D eigenvalue weighted by Gasteiger charge is 2.13. The van der Waals surface area contributed by atoms with Crippen LogP contribution in [0.3, 0.4) is 0 Å². The average Bonchev–Trinajstić information content (AvgIpc) is 3.05. The molecule has 0 atom stereocenters. The molecule has 3 aromatic rings. The quantitative estimate of drug-likeness (QED) is 0.739. The molecule has 0 N–H and O–H groups in total. The number of hydrogen-bond acceptors (Lipinski definition) is 5. The Morgan fingerprint density at radius 1 is 1.23 bits per heavy atom. The van der Waals surface area contributed by atoms with Crippen LogP contribution in [0, 0.1) is 5.82 Å². The van der Waals surface area contributed by atoms with Gasteiger partial charge in [0.2, 0.25) is 5.82 Å². The van der Waals surface area contributed by atoms with E-state index in [1.807, 2.05) is 0 Å². The molecular formula is C15H11F2N3O2. The van der Waals surface area contributed by atoms with Crippen molar-refractivity contribution in [2.75, 3.05) is 7.11 Å². The first-order chi connectivity index (χ1) is 10.7. The molecule has 0 fully saturated rings. The summed E-state index contributed by atoms with van der Waals surface area (Å²) in [4.78, 5) is 8.06. The third-order valence-electron chi connectivity index (χ3n) is 2.99. The fraction of sp³-hybridized carbons (Fsp3) is 0.133. The summed E-state index contributed by atoms with van der Waals surface area (Å²) in [6.45, 7) is -0.631. The molecule has 0 saturated carbocycles. The highest BCUT2D eigenvalue weighted by molar-refractivity contribution is 5.61. The van der Waals surface area contributed by atoms with E-state index in [9.17, 15) is 8.78 Å². The van der Waals surface area contributed by atoms with Gasteiger partial charge in [-0.1, -0.05) is 5.16 Å². The molecule has 0 saturated heterocycles. The number of methoxy groups -OCH3 is 1. The zero-order valence-electron chi connectivity index (χ0n) is 11.6. The number of aromatic nitrogens is 3. The van der Waals surface area contributed by atoms with Crippen LogP contribution < -0.4 is 4.74 Å². The second-order valence-electron chi connectivity index (χ2n) is 4.49. The number of nitrogens with zero attached hydrogens (tertiary/aromatic N) is 3. The molecule has 0 amide bonds. The van der Waals surface area contributed by atoms with E-state index in [1.54, 1.807) is 18.2 Å². The lowest BCUT2D eigenvalue weighted by Gasteiger charge is -2.04. The molecule has 112 valence electrons. The zero-order valence-corrected chi connectivity index (χ0v) is 11.6. The van der Waals surface area contributed by atoms with Crippen molar-refractivity contribution in [1.82, 2.24) is 15.1 Å². The van der Waals surface area contributed by atoms with Gasteiger partial charge in [-0.25, -0.2) is 13.8 Å². The lowest BCUT2D eigenvalue weighted by atomic mass is 10.1. The minimum Gasteiger partial charge on any atom is -0.497 e. The van der Waals surface area contributed by atoms with Gasteiger partial charge in [0, 0.05) is 5.56 Å². The second kappa shape index (κ2) is 5.88. The minimum atomic E-state index is -0.631. The Morgan fingerprint density at radius 2 is 2.09 bits per heavy atom. The molecule has 2 heterocycles. The summed E-state index contributed by atoms with van der Waals surface area (Å²) in [5.41, 5.74) is 1.36. The van der Waals surface area contributed by atoms with Crippen molar-refractivity contribution in [2.24, 2.45) is 0 Å². The highest BCUT2D eigenvalue weighted by Crippen LogP contribution is 2.26. The largest absolute Gasteiger partial charge is 0.497 e. The van der Waals surface area contributed by atoms with Crippen LogP contribution in [-0.2, 0) is 6.67 Å². The fourth-order valence-electron chi connectivity index (χ4n) is 1.93. The van der Waals surface area contributed by atoms with E-state index < -0.39 is 12.5 Å². The van der Waals surface area contributed by atoms with Crippen LogP contribution in [0.4, 0.5) is 8.78 Å². The Hall–Kier alpha value is -2.83. The van der Waals surface area contributed by atoms with Gasteiger partial charge in [-0.2, -0.15) is 4.98 Å². The van der Waals surface area contributed by atoms with Gasteiger partial charge in [-0.05, 0) is 35.9 Å². The van der Waals surface area contributed by atoms with Crippen LogP contribution in [0.15, 0.2) is 41.1 Å². The maximum Gasteiger partial charge on any atom is 0.276 e. The van der Waals surface area contributed by atoms with Crippen LogP contribution in [-0.4, -0.2) is 22.2 Å². The summed E-state index contributed by atoms with van der Waals surface area (Å²) in [5, 5.41) is 3.84. The first kappa shape index (κ1) is 14.1. The third-order valence-corrected chi connectivity index (χ3v) is 2.99. The molecule has 0 aliphatic rings. The smallest absolute Gasteiger partial charge is 0.276 e. The monoisotopic (exact) mass is 303 g/mol. The Bertz CT molecular complexity index is 765. The molecule has 0 radical (unpaired) electrons. The Morgan fingerprint density at radius 3 is 2.77 bits per heavy atom. The van der Waals surface area contributed by atoms with Gasteiger partial charge in [0.15, 0.2) is 0 Å². The number of halogens is 2. The van der Waals surface area contributed by atoms with Gasteiger partial charge in [-0.15, -0.1) is 0 Å². The molecular weight excluding hydrogens is 292 g/mol. The van der Waals surface area contributed by atoms with Crippen LogP contribution in [0.2, 0.25) is 0 Å². The molecule has 0 unspecified atom stereocenters. The summed E-state index contributed by atoms with van der Waals surface area (Å²) >= 11 is 0. The molecule has 0 bridgehead atoms. The molecule has 0 aliphatic carbocycles. The zero-order chi connectivity index (χ0) is 15.5. The molecule has 3 rings (SSSR count). The van der Waals surface area contributed by atoms with Crippen LogP contribution in [0.1, 0.15) is 5.56 Å². The van der Waals surface area contributed by atoms with Gasteiger partial charge in [0.1, 0.15) is 23.9 Å². The lowest BCUT2D eigenvalue weighted by molar-refractivity contribution is 0.412. The van der Waals surface area contributed by atoms with E-state index in [4.69, 9.17) is 9.26 Å². The van der Waals surface area contributed by atoms with Crippen molar-refractivity contribution < 1.29 is 18.0 Å². The van der Waals surface area contributed by atoms with Crippen LogP contribution in [0.25, 0.3) is 23.0 Å². The first-order valence-electron chi connectivity index (χ1n) is 6.39. The molecule has 2 aromatic heterocycles. The van der Waals surface area contributed by atoms with E-state index in [1.165, 1.54) is 19.2 Å². The number of hydrogen-bond donors (Lipinski definition) is 0. The summed E-state index contributed by atoms with van der Waals surface area (Å²) in [6, 6.07) is 7.55. The van der Waals surface area contributed by atoms with Gasteiger partial charge < -0.3 is 9.26 Å². The molecule has 0 aliphatic heterocycles. The number of ether oxygens (including phenoxy) is 1. The fourth-order valence-corrected chi connectivity index (χ4v) is 1.93. The van der Waals surface area contributed by atoms with Gasteiger partial charge in [-0.3, -0.25) is 0 Å². The van der Waals surface area contributed by atoms with E-state index in [2.05, 4.69) is 15.1 Å². The lowest BCUT2D eigenvalue weighted by Crippen LogP contribution is -1.90. The molecule has 0 spiro atoms. The van der Waals surface area contributed by atoms with Crippen molar-refractivity contribution in [3.63, 3.8) is 0 Å². The summed E-state index contributed by atoms with van der Waals surface area (Å²) in [5.74, 6) is 0.467. The highest BCUT2D eigenvalue weighted by atomic mass is 19.1. The molecule has 1 aromatic carbocycles. The number of alkyl halides is 1. The van der Waals surface area contributed by atoms with Crippen molar-refractivity contribution in [3.05, 3.63) is 47.9 Å². The Balaban J connectivity index is 1.98. The van der Waals surface area contributed by atoms with Gasteiger partial charge in [0.05, 0.1) is 13.3 Å². The first-order valence-corrected chi connectivity index (χ1v) is 6.39. The maximum absolute atomic E-state index is 12.9. The Kier molecular flexibility index (Phi) is 3.78. The van der Waals surface area contributed by atoms with Gasteiger partial charge in [0.25, 0.3) is 5.89 Å². The maximum atomic E-state index is 12.9. The summed E-state index contributed by atoms with van der Waals surface area (Å²) in [6.07, 6.45) is 1.06. The van der Waals surface area contributed by atoms with Crippen molar-refractivity contribution in [1.29, 1.82) is 0 Å². The summed E-state index contributed by atoms with van der Waals surface area (Å²) in [7, 11) is 1.49. The van der Waals surface area contributed by atoms with Crippen molar-refractivity contribution in [2.45, 2.75) is 6.67 Å².